The molecule has 0 aliphatic heterocycles. The maximum atomic E-state index is 5.63. The number of ether oxygens (including phenoxy) is 1. The van der Waals surface area contributed by atoms with Gasteiger partial charge in [-0.25, -0.2) is 0 Å². The highest BCUT2D eigenvalue weighted by atomic mass is 79.9. The summed E-state index contributed by atoms with van der Waals surface area (Å²) in [5.41, 5.74) is 8.73. The van der Waals surface area contributed by atoms with Gasteiger partial charge in [-0.1, -0.05) is 15.9 Å². The van der Waals surface area contributed by atoms with E-state index in [1.807, 2.05) is 31.4 Å². The van der Waals surface area contributed by atoms with Gasteiger partial charge in [0.1, 0.15) is 5.75 Å². The third kappa shape index (κ3) is 2.57. The van der Waals surface area contributed by atoms with E-state index in [0.717, 1.165) is 33.5 Å². The van der Waals surface area contributed by atoms with Gasteiger partial charge in [0.25, 0.3) is 0 Å². The molecule has 2 N–H and O–H groups in total. The number of aryl methyl sites for hydroxylation is 1. The Morgan fingerprint density at radius 2 is 2.17 bits per heavy atom. The standard InChI is InChI=1S/C13H16BrN3O/c1-17-8-11(12(16-17)5-6-15)10-7-9(14)3-4-13(10)18-2/h3-4,7-8H,5-6,15H2,1-2H3. The number of nitrogens with zero attached hydrogens (tertiary/aromatic N) is 2. The number of methoxy groups -OCH3 is 1. The molecule has 0 spiro atoms. The minimum Gasteiger partial charge on any atom is -0.496 e. The average molecular weight is 310 g/mol. The largest absolute Gasteiger partial charge is 0.496 e. The lowest BCUT2D eigenvalue weighted by Gasteiger charge is -2.08. The van der Waals surface area contributed by atoms with Crippen molar-refractivity contribution in [1.82, 2.24) is 9.78 Å². The van der Waals surface area contributed by atoms with E-state index >= 15 is 0 Å². The van der Waals surface area contributed by atoms with Gasteiger partial charge in [-0.15, -0.1) is 0 Å². The zero-order chi connectivity index (χ0) is 13.1. The summed E-state index contributed by atoms with van der Waals surface area (Å²) >= 11 is 3.49. The van der Waals surface area contributed by atoms with E-state index in [2.05, 4.69) is 21.0 Å². The van der Waals surface area contributed by atoms with Crippen LogP contribution in [0.25, 0.3) is 11.1 Å². The lowest BCUT2D eigenvalue weighted by atomic mass is 10.0. The lowest BCUT2D eigenvalue weighted by Crippen LogP contribution is -2.04. The van der Waals surface area contributed by atoms with Crippen molar-refractivity contribution in [2.24, 2.45) is 12.8 Å². The fraction of sp³-hybridized carbons (Fsp3) is 0.308. The monoisotopic (exact) mass is 309 g/mol. The second-order valence-corrected chi connectivity index (χ2v) is 4.96. The fourth-order valence-corrected chi connectivity index (χ4v) is 2.33. The maximum absolute atomic E-state index is 5.63. The van der Waals surface area contributed by atoms with E-state index in [1.54, 1.807) is 11.8 Å². The van der Waals surface area contributed by atoms with Crippen molar-refractivity contribution in [2.45, 2.75) is 6.42 Å². The second-order valence-electron chi connectivity index (χ2n) is 4.05. The molecule has 2 aromatic rings. The first-order chi connectivity index (χ1) is 8.65. The number of hydrogen-bond acceptors (Lipinski definition) is 3. The summed E-state index contributed by atoms with van der Waals surface area (Å²) in [4.78, 5) is 0. The minimum absolute atomic E-state index is 0.584. The third-order valence-electron chi connectivity index (χ3n) is 2.74. The van der Waals surface area contributed by atoms with Crippen LogP contribution in [0.1, 0.15) is 5.69 Å². The van der Waals surface area contributed by atoms with Crippen molar-refractivity contribution < 1.29 is 4.74 Å². The van der Waals surface area contributed by atoms with Gasteiger partial charge in [0, 0.05) is 35.3 Å². The Hall–Kier alpha value is -1.33. The van der Waals surface area contributed by atoms with Crippen molar-refractivity contribution in [3.05, 3.63) is 34.6 Å². The molecule has 18 heavy (non-hydrogen) atoms. The summed E-state index contributed by atoms with van der Waals surface area (Å²) in [7, 11) is 3.58. The Morgan fingerprint density at radius 3 is 2.83 bits per heavy atom. The summed E-state index contributed by atoms with van der Waals surface area (Å²) in [5.74, 6) is 0.837. The van der Waals surface area contributed by atoms with E-state index < -0.39 is 0 Å². The van der Waals surface area contributed by atoms with Gasteiger partial charge in [-0.2, -0.15) is 5.10 Å². The molecule has 1 heterocycles. The van der Waals surface area contributed by atoms with Gasteiger partial charge in [-0.05, 0) is 24.7 Å². The van der Waals surface area contributed by atoms with Gasteiger partial charge < -0.3 is 10.5 Å². The molecule has 2 rings (SSSR count). The first-order valence-electron chi connectivity index (χ1n) is 5.72. The Balaban J connectivity index is 2.56. The fourth-order valence-electron chi connectivity index (χ4n) is 1.97. The van der Waals surface area contributed by atoms with Crippen molar-refractivity contribution in [3.63, 3.8) is 0 Å². The Labute approximate surface area is 115 Å². The first kappa shape index (κ1) is 13.1. The summed E-state index contributed by atoms with van der Waals surface area (Å²) in [6.45, 7) is 0.584. The number of rotatable bonds is 4. The van der Waals surface area contributed by atoms with E-state index in [9.17, 15) is 0 Å². The van der Waals surface area contributed by atoms with Gasteiger partial charge >= 0.3 is 0 Å². The maximum Gasteiger partial charge on any atom is 0.126 e. The predicted octanol–water partition coefficient (Wildman–Crippen LogP) is 2.36. The predicted molar refractivity (Wildman–Crippen MR) is 75.7 cm³/mol. The van der Waals surface area contributed by atoms with Gasteiger partial charge in [0.15, 0.2) is 0 Å². The van der Waals surface area contributed by atoms with E-state index in [0.29, 0.717) is 6.54 Å². The molecule has 0 saturated heterocycles. The molecule has 0 aliphatic rings. The highest BCUT2D eigenvalue weighted by Gasteiger charge is 2.14. The molecule has 5 heteroatoms. The summed E-state index contributed by atoms with van der Waals surface area (Å²) in [5, 5.41) is 4.45. The van der Waals surface area contributed by atoms with Crippen LogP contribution in [0.4, 0.5) is 0 Å². The molecule has 0 saturated carbocycles. The summed E-state index contributed by atoms with van der Waals surface area (Å²) < 4.78 is 8.23. The molecule has 4 nitrogen and oxygen atoms in total. The quantitative estimate of drug-likeness (QED) is 0.943. The highest BCUT2D eigenvalue weighted by Crippen LogP contribution is 2.34. The highest BCUT2D eigenvalue weighted by molar-refractivity contribution is 9.10. The van der Waals surface area contributed by atoms with Crippen LogP contribution in [0.5, 0.6) is 5.75 Å². The molecule has 0 bridgehead atoms. The van der Waals surface area contributed by atoms with Crippen LogP contribution in [0.3, 0.4) is 0 Å². The van der Waals surface area contributed by atoms with Crippen LogP contribution in [-0.2, 0) is 13.5 Å². The third-order valence-corrected chi connectivity index (χ3v) is 3.23. The summed E-state index contributed by atoms with van der Waals surface area (Å²) in [6, 6.07) is 5.94. The zero-order valence-electron chi connectivity index (χ0n) is 10.5. The Kier molecular flexibility index (Phi) is 4.04. The molecule has 0 aliphatic carbocycles. The average Bonchev–Trinajstić information content (AvgIpc) is 2.71. The SMILES string of the molecule is COc1ccc(Br)cc1-c1cn(C)nc1CCN. The van der Waals surface area contributed by atoms with E-state index in [4.69, 9.17) is 10.5 Å². The zero-order valence-corrected chi connectivity index (χ0v) is 12.1. The van der Waals surface area contributed by atoms with Crippen molar-refractivity contribution in [1.29, 1.82) is 0 Å². The minimum atomic E-state index is 0.584. The van der Waals surface area contributed by atoms with Crippen LogP contribution in [0, 0.1) is 0 Å². The topological polar surface area (TPSA) is 53.1 Å². The molecular weight excluding hydrogens is 294 g/mol. The molecule has 0 radical (unpaired) electrons. The molecule has 1 aromatic carbocycles. The van der Waals surface area contributed by atoms with Crippen molar-refractivity contribution >= 4 is 15.9 Å². The number of nitrogens with two attached hydrogens (primary N) is 1. The Bertz CT molecular complexity index is 551. The van der Waals surface area contributed by atoms with Crippen LogP contribution >= 0.6 is 15.9 Å². The van der Waals surface area contributed by atoms with E-state index in [1.165, 1.54) is 0 Å². The smallest absolute Gasteiger partial charge is 0.126 e. The molecule has 1 aromatic heterocycles. The Morgan fingerprint density at radius 1 is 1.39 bits per heavy atom. The van der Waals surface area contributed by atoms with Crippen LogP contribution in [-0.4, -0.2) is 23.4 Å². The molecule has 0 unspecified atom stereocenters. The van der Waals surface area contributed by atoms with Crippen molar-refractivity contribution in [3.8, 4) is 16.9 Å². The van der Waals surface area contributed by atoms with Gasteiger partial charge in [-0.3, -0.25) is 4.68 Å². The van der Waals surface area contributed by atoms with Crippen LogP contribution < -0.4 is 10.5 Å². The lowest BCUT2D eigenvalue weighted by molar-refractivity contribution is 0.416. The molecular formula is C13H16BrN3O. The van der Waals surface area contributed by atoms with Crippen LogP contribution in [0.2, 0.25) is 0 Å². The second kappa shape index (κ2) is 5.54. The number of hydrogen-bond donors (Lipinski definition) is 1. The first-order valence-corrected chi connectivity index (χ1v) is 6.51. The molecule has 0 fully saturated rings. The normalized spacial score (nSPS) is 10.7. The van der Waals surface area contributed by atoms with Crippen LogP contribution in [0.15, 0.2) is 28.9 Å². The van der Waals surface area contributed by atoms with Crippen molar-refractivity contribution in [2.75, 3.05) is 13.7 Å². The molecule has 96 valence electrons. The van der Waals surface area contributed by atoms with Gasteiger partial charge in [0.2, 0.25) is 0 Å². The molecule has 0 amide bonds. The number of aromatic nitrogens is 2. The molecule has 0 atom stereocenters. The number of benzene rings is 1. The van der Waals surface area contributed by atoms with E-state index in [-0.39, 0.29) is 0 Å². The van der Waals surface area contributed by atoms with Gasteiger partial charge in [0.05, 0.1) is 12.8 Å². The summed E-state index contributed by atoms with van der Waals surface area (Å²) in [6.07, 6.45) is 2.75. The number of halogens is 1.